The van der Waals surface area contributed by atoms with Gasteiger partial charge in [-0.1, -0.05) is 0 Å². The van der Waals surface area contributed by atoms with Gasteiger partial charge in [-0.05, 0) is 19.1 Å². The molecule has 2 aromatic heterocycles. The summed E-state index contributed by atoms with van der Waals surface area (Å²) in [6, 6.07) is 3.44. The Kier molecular flexibility index (Phi) is 3.01. The van der Waals surface area contributed by atoms with Crippen molar-refractivity contribution in [1.29, 1.82) is 0 Å². The largest absolute Gasteiger partial charge is 0.348 e. The number of hydrogen-bond acceptors (Lipinski definition) is 3. The lowest BCUT2D eigenvalue weighted by Gasteiger charge is -2.06. The predicted molar refractivity (Wildman–Crippen MR) is 65.8 cm³/mol. The number of aromatic amines is 1. The van der Waals surface area contributed by atoms with Crippen LogP contribution in [0.5, 0.6) is 0 Å². The second-order valence-corrected chi connectivity index (χ2v) is 4.13. The van der Waals surface area contributed by atoms with Crippen LogP contribution in [-0.4, -0.2) is 19.9 Å². The van der Waals surface area contributed by atoms with Gasteiger partial charge in [0.15, 0.2) is 5.78 Å². The van der Waals surface area contributed by atoms with Crippen LogP contribution < -0.4 is 11.2 Å². The lowest BCUT2D eigenvalue weighted by Crippen LogP contribution is -2.33. The molecular formula is C12H13N3O3. The zero-order valence-electron chi connectivity index (χ0n) is 10.1. The van der Waals surface area contributed by atoms with Gasteiger partial charge in [-0.25, -0.2) is 4.79 Å². The first kappa shape index (κ1) is 12.1. The number of nitrogens with one attached hydrogen (secondary N) is 1. The van der Waals surface area contributed by atoms with Crippen LogP contribution in [0, 0.1) is 6.92 Å². The number of carbonyl (C=O) groups excluding carboxylic acids is 1. The van der Waals surface area contributed by atoms with Crippen molar-refractivity contribution in [3.63, 3.8) is 0 Å². The summed E-state index contributed by atoms with van der Waals surface area (Å²) >= 11 is 0. The molecule has 6 nitrogen and oxygen atoms in total. The van der Waals surface area contributed by atoms with E-state index in [-0.39, 0.29) is 12.3 Å². The van der Waals surface area contributed by atoms with Crippen LogP contribution in [0.1, 0.15) is 16.1 Å². The van der Waals surface area contributed by atoms with Crippen LogP contribution in [0.25, 0.3) is 0 Å². The molecular weight excluding hydrogens is 234 g/mol. The fourth-order valence-electron chi connectivity index (χ4n) is 1.72. The topological polar surface area (TPSA) is 76.9 Å². The second kappa shape index (κ2) is 4.48. The summed E-state index contributed by atoms with van der Waals surface area (Å²) in [5, 5.41) is 0. The van der Waals surface area contributed by atoms with E-state index in [1.54, 1.807) is 36.9 Å². The summed E-state index contributed by atoms with van der Waals surface area (Å²) in [4.78, 5) is 36.9. The third-order valence-electron chi connectivity index (χ3n) is 2.73. The molecule has 2 rings (SSSR count). The van der Waals surface area contributed by atoms with E-state index >= 15 is 0 Å². The van der Waals surface area contributed by atoms with Crippen LogP contribution in [0.2, 0.25) is 0 Å². The standard InChI is InChI=1S/C12H13N3O3/c1-8-6-15(12(18)13-11(8)17)7-10(16)9-4-3-5-14(9)2/h3-6H,7H2,1-2H3,(H,13,17,18). The molecule has 18 heavy (non-hydrogen) atoms. The van der Waals surface area contributed by atoms with Crippen LogP contribution in [0.3, 0.4) is 0 Å². The van der Waals surface area contributed by atoms with Crippen molar-refractivity contribution in [2.24, 2.45) is 7.05 Å². The van der Waals surface area contributed by atoms with E-state index in [0.29, 0.717) is 11.3 Å². The number of aromatic nitrogens is 3. The molecule has 0 aliphatic rings. The zero-order valence-corrected chi connectivity index (χ0v) is 10.1. The van der Waals surface area contributed by atoms with Gasteiger partial charge < -0.3 is 4.57 Å². The van der Waals surface area contributed by atoms with Gasteiger partial charge in [0.2, 0.25) is 0 Å². The molecule has 0 aliphatic carbocycles. The molecule has 0 aliphatic heterocycles. The van der Waals surface area contributed by atoms with Crippen LogP contribution in [0.15, 0.2) is 34.1 Å². The predicted octanol–water partition coefficient (Wildman–Crippen LogP) is 0.0664. The number of H-pyrrole nitrogens is 1. The Morgan fingerprint density at radius 3 is 2.72 bits per heavy atom. The van der Waals surface area contributed by atoms with Crippen LogP contribution in [0.4, 0.5) is 0 Å². The molecule has 0 aromatic carbocycles. The Bertz CT molecular complexity index is 706. The molecule has 0 amide bonds. The van der Waals surface area contributed by atoms with Gasteiger partial charge in [0.25, 0.3) is 5.56 Å². The minimum atomic E-state index is -0.576. The quantitative estimate of drug-likeness (QED) is 0.779. The van der Waals surface area contributed by atoms with Gasteiger partial charge in [-0.15, -0.1) is 0 Å². The summed E-state index contributed by atoms with van der Waals surface area (Å²) in [5.41, 5.74) is -0.0873. The number of nitrogens with zero attached hydrogens (tertiary/aromatic N) is 2. The first-order valence-electron chi connectivity index (χ1n) is 5.44. The minimum Gasteiger partial charge on any atom is -0.348 e. The smallest absolute Gasteiger partial charge is 0.328 e. The normalized spacial score (nSPS) is 10.6. The average Bonchev–Trinajstić information content (AvgIpc) is 2.72. The average molecular weight is 247 g/mol. The fourth-order valence-corrected chi connectivity index (χ4v) is 1.72. The number of hydrogen-bond donors (Lipinski definition) is 1. The van der Waals surface area contributed by atoms with E-state index in [4.69, 9.17) is 0 Å². The summed E-state index contributed by atoms with van der Waals surface area (Å²) in [6.45, 7) is 1.50. The highest BCUT2D eigenvalue weighted by atomic mass is 16.2. The minimum absolute atomic E-state index is 0.0890. The number of Topliss-reactive ketones (excluding diaryl/α,β-unsaturated/α-hetero) is 1. The Morgan fingerprint density at radius 2 is 2.11 bits per heavy atom. The van der Waals surface area contributed by atoms with Crippen molar-refractivity contribution < 1.29 is 4.79 Å². The number of carbonyl (C=O) groups is 1. The molecule has 0 atom stereocenters. The van der Waals surface area contributed by atoms with Crippen LogP contribution >= 0.6 is 0 Å². The van der Waals surface area contributed by atoms with E-state index in [0.717, 1.165) is 0 Å². The molecule has 0 bridgehead atoms. The fraction of sp³-hybridized carbons (Fsp3) is 0.250. The Balaban J connectivity index is 2.33. The highest BCUT2D eigenvalue weighted by Crippen LogP contribution is 2.02. The number of aryl methyl sites for hydroxylation is 2. The molecule has 0 saturated heterocycles. The molecule has 0 saturated carbocycles. The highest BCUT2D eigenvalue weighted by Gasteiger charge is 2.11. The molecule has 2 aromatic rings. The molecule has 6 heteroatoms. The molecule has 94 valence electrons. The summed E-state index contributed by atoms with van der Waals surface area (Å²) in [5.74, 6) is -0.184. The van der Waals surface area contributed by atoms with Gasteiger partial charge in [-0.3, -0.25) is 19.1 Å². The Hall–Kier alpha value is -2.37. The second-order valence-electron chi connectivity index (χ2n) is 4.13. The first-order valence-corrected chi connectivity index (χ1v) is 5.44. The van der Waals surface area contributed by atoms with Gasteiger partial charge in [0.1, 0.15) is 0 Å². The van der Waals surface area contributed by atoms with Crippen molar-refractivity contribution >= 4 is 5.78 Å². The maximum atomic E-state index is 12.0. The van der Waals surface area contributed by atoms with Crippen molar-refractivity contribution in [1.82, 2.24) is 14.1 Å². The van der Waals surface area contributed by atoms with E-state index < -0.39 is 11.2 Å². The third-order valence-corrected chi connectivity index (χ3v) is 2.73. The maximum Gasteiger partial charge on any atom is 0.328 e. The van der Waals surface area contributed by atoms with Gasteiger partial charge in [0.05, 0.1) is 12.2 Å². The summed E-state index contributed by atoms with van der Waals surface area (Å²) < 4.78 is 2.89. The summed E-state index contributed by atoms with van der Waals surface area (Å²) in [6.07, 6.45) is 3.15. The maximum absolute atomic E-state index is 12.0. The third kappa shape index (κ3) is 2.17. The van der Waals surface area contributed by atoms with Crippen molar-refractivity contribution in [3.05, 3.63) is 56.6 Å². The molecule has 0 spiro atoms. The first-order chi connectivity index (χ1) is 8.49. The van der Waals surface area contributed by atoms with Gasteiger partial charge >= 0.3 is 5.69 Å². The Morgan fingerprint density at radius 1 is 1.39 bits per heavy atom. The lowest BCUT2D eigenvalue weighted by atomic mass is 10.3. The highest BCUT2D eigenvalue weighted by molar-refractivity contribution is 5.94. The lowest BCUT2D eigenvalue weighted by molar-refractivity contribution is 0.0962. The number of ketones is 1. The van der Waals surface area contributed by atoms with E-state index in [1.807, 2.05) is 0 Å². The molecule has 0 radical (unpaired) electrons. The van der Waals surface area contributed by atoms with E-state index in [9.17, 15) is 14.4 Å². The van der Waals surface area contributed by atoms with Crippen molar-refractivity contribution in [3.8, 4) is 0 Å². The van der Waals surface area contributed by atoms with E-state index in [2.05, 4.69) is 4.98 Å². The monoisotopic (exact) mass is 247 g/mol. The van der Waals surface area contributed by atoms with Crippen LogP contribution in [-0.2, 0) is 13.6 Å². The van der Waals surface area contributed by atoms with E-state index in [1.165, 1.54) is 10.8 Å². The summed E-state index contributed by atoms with van der Waals surface area (Å²) in [7, 11) is 1.76. The van der Waals surface area contributed by atoms with Crippen molar-refractivity contribution in [2.75, 3.05) is 0 Å². The Labute approximate surface area is 103 Å². The molecule has 2 heterocycles. The van der Waals surface area contributed by atoms with Gasteiger partial charge in [-0.2, -0.15) is 0 Å². The molecule has 1 N–H and O–H groups in total. The van der Waals surface area contributed by atoms with Gasteiger partial charge in [0, 0.05) is 25.0 Å². The zero-order chi connectivity index (χ0) is 13.3. The number of rotatable bonds is 3. The SMILES string of the molecule is Cc1cn(CC(=O)c2cccn2C)c(=O)[nH]c1=O. The van der Waals surface area contributed by atoms with Crippen molar-refractivity contribution in [2.45, 2.75) is 13.5 Å². The molecule has 0 fully saturated rings. The molecule has 0 unspecified atom stereocenters.